The maximum absolute atomic E-state index is 12.7. The molecule has 1 aliphatic rings. The fourth-order valence-electron chi connectivity index (χ4n) is 2.55. The zero-order chi connectivity index (χ0) is 17.2. The number of rotatable bonds is 2. The monoisotopic (exact) mass is 336 g/mol. The van der Waals surface area contributed by atoms with Gasteiger partial charge in [0.25, 0.3) is 5.91 Å². The first-order valence-corrected chi connectivity index (χ1v) is 7.44. The van der Waals surface area contributed by atoms with Crippen LogP contribution in [-0.2, 0) is 6.18 Å². The van der Waals surface area contributed by atoms with E-state index in [1.54, 1.807) is 40.3 Å². The lowest BCUT2D eigenvalue weighted by Gasteiger charge is -2.35. The average molecular weight is 336 g/mol. The molecular formula is C16H15F3N4O. The molecule has 1 fully saturated rings. The number of carbonyl (C=O) groups is 1. The average Bonchev–Trinajstić information content (AvgIpc) is 2.61. The molecule has 0 aliphatic carbocycles. The standard InChI is InChI=1S/C16H15F3N4O/c17-16(18,19)13-5-3-6-14(21-13)22-8-10-23(11-9-22)15(24)12-4-1-2-7-20-12/h1-7H,8-11H2. The molecule has 24 heavy (non-hydrogen) atoms. The molecule has 5 nitrogen and oxygen atoms in total. The fourth-order valence-corrected chi connectivity index (χ4v) is 2.55. The number of alkyl halides is 3. The minimum Gasteiger partial charge on any atom is -0.353 e. The Hall–Kier alpha value is -2.64. The third-order valence-electron chi connectivity index (χ3n) is 3.80. The van der Waals surface area contributed by atoms with E-state index in [-0.39, 0.29) is 11.7 Å². The summed E-state index contributed by atoms with van der Waals surface area (Å²) in [7, 11) is 0. The van der Waals surface area contributed by atoms with Crippen LogP contribution in [0.25, 0.3) is 0 Å². The van der Waals surface area contributed by atoms with Crippen molar-refractivity contribution in [2.24, 2.45) is 0 Å². The molecule has 1 amide bonds. The van der Waals surface area contributed by atoms with Crippen molar-refractivity contribution in [3.8, 4) is 0 Å². The van der Waals surface area contributed by atoms with Crippen LogP contribution in [0.1, 0.15) is 16.2 Å². The summed E-state index contributed by atoms with van der Waals surface area (Å²) in [6.45, 7) is 1.67. The van der Waals surface area contributed by atoms with Crippen LogP contribution in [0.5, 0.6) is 0 Å². The van der Waals surface area contributed by atoms with Gasteiger partial charge in [0.05, 0.1) is 0 Å². The minimum absolute atomic E-state index is 0.174. The minimum atomic E-state index is -4.47. The van der Waals surface area contributed by atoms with Gasteiger partial charge in [0.1, 0.15) is 17.2 Å². The molecular weight excluding hydrogens is 321 g/mol. The quantitative estimate of drug-likeness (QED) is 0.845. The van der Waals surface area contributed by atoms with Gasteiger partial charge >= 0.3 is 6.18 Å². The van der Waals surface area contributed by atoms with Gasteiger partial charge in [0.2, 0.25) is 0 Å². The summed E-state index contributed by atoms with van der Waals surface area (Å²) in [5, 5.41) is 0. The van der Waals surface area contributed by atoms with Crippen molar-refractivity contribution in [2.45, 2.75) is 6.18 Å². The van der Waals surface area contributed by atoms with E-state index in [0.29, 0.717) is 31.9 Å². The molecule has 2 aromatic rings. The summed E-state index contributed by atoms with van der Waals surface area (Å²) in [6, 6.07) is 8.95. The third-order valence-corrected chi connectivity index (χ3v) is 3.80. The van der Waals surface area contributed by atoms with Crippen LogP contribution >= 0.6 is 0 Å². The lowest BCUT2D eigenvalue weighted by molar-refractivity contribution is -0.141. The molecule has 0 N–H and O–H groups in total. The normalized spacial score (nSPS) is 15.5. The number of pyridine rings is 2. The van der Waals surface area contributed by atoms with E-state index in [1.807, 2.05) is 0 Å². The lowest BCUT2D eigenvalue weighted by Crippen LogP contribution is -2.49. The van der Waals surface area contributed by atoms with E-state index in [0.717, 1.165) is 6.07 Å². The van der Waals surface area contributed by atoms with Gasteiger partial charge in [0, 0.05) is 32.4 Å². The summed E-state index contributed by atoms with van der Waals surface area (Å²) < 4.78 is 38.2. The Bertz CT molecular complexity index is 713. The predicted molar refractivity (Wildman–Crippen MR) is 81.6 cm³/mol. The van der Waals surface area contributed by atoms with Crippen molar-refractivity contribution in [1.82, 2.24) is 14.9 Å². The smallest absolute Gasteiger partial charge is 0.353 e. The van der Waals surface area contributed by atoms with Crippen molar-refractivity contribution in [1.29, 1.82) is 0 Å². The van der Waals surface area contributed by atoms with Gasteiger partial charge < -0.3 is 9.80 Å². The Balaban J connectivity index is 1.66. The number of aromatic nitrogens is 2. The van der Waals surface area contributed by atoms with Crippen LogP contribution in [0.15, 0.2) is 42.6 Å². The largest absolute Gasteiger partial charge is 0.433 e. The highest BCUT2D eigenvalue weighted by Crippen LogP contribution is 2.29. The van der Waals surface area contributed by atoms with E-state index < -0.39 is 11.9 Å². The number of piperazine rings is 1. The van der Waals surface area contributed by atoms with E-state index in [4.69, 9.17) is 0 Å². The highest BCUT2D eigenvalue weighted by atomic mass is 19.4. The number of anilines is 1. The highest BCUT2D eigenvalue weighted by Gasteiger charge is 2.33. The fraction of sp³-hybridized carbons (Fsp3) is 0.312. The molecule has 0 radical (unpaired) electrons. The molecule has 0 bridgehead atoms. The van der Waals surface area contributed by atoms with Crippen molar-refractivity contribution in [2.75, 3.05) is 31.1 Å². The zero-order valence-electron chi connectivity index (χ0n) is 12.7. The second-order valence-corrected chi connectivity index (χ2v) is 5.37. The van der Waals surface area contributed by atoms with Crippen LogP contribution in [0.4, 0.5) is 19.0 Å². The number of amides is 1. The molecule has 126 valence electrons. The molecule has 1 aliphatic heterocycles. The lowest BCUT2D eigenvalue weighted by atomic mass is 10.2. The van der Waals surface area contributed by atoms with Gasteiger partial charge in [-0.2, -0.15) is 13.2 Å². The predicted octanol–water partition coefficient (Wildman–Crippen LogP) is 2.46. The summed E-state index contributed by atoms with van der Waals surface area (Å²) in [5.74, 6) is 0.0991. The molecule has 0 saturated carbocycles. The van der Waals surface area contributed by atoms with Gasteiger partial charge in [0.15, 0.2) is 0 Å². The number of halogens is 3. The Labute approximate surface area is 136 Å². The molecule has 0 spiro atoms. The van der Waals surface area contributed by atoms with Crippen LogP contribution in [-0.4, -0.2) is 47.0 Å². The summed E-state index contributed by atoms with van der Waals surface area (Å²) in [4.78, 5) is 23.4. The van der Waals surface area contributed by atoms with E-state index in [9.17, 15) is 18.0 Å². The maximum Gasteiger partial charge on any atom is 0.433 e. The van der Waals surface area contributed by atoms with Gasteiger partial charge in [-0.1, -0.05) is 12.1 Å². The van der Waals surface area contributed by atoms with E-state index in [1.165, 1.54) is 6.07 Å². The van der Waals surface area contributed by atoms with Gasteiger partial charge in [-0.3, -0.25) is 9.78 Å². The number of hydrogen-bond acceptors (Lipinski definition) is 4. The van der Waals surface area contributed by atoms with Gasteiger partial charge in [-0.15, -0.1) is 0 Å². The SMILES string of the molecule is O=C(c1ccccn1)N1CCN(c2cccc(C(F)(F)F)n2)CC1. The van der Waals surface area contributed by atoms with Gasteiger partial charge in [-0.25, -0.2) is 4.98 Å². The topological polar surface area (TPSA) is 49.3 Å². The molecule has 0 unspecified atom stereocenters. The Kier molecular flexibility index (Phi) is 4.37. The summed E-state index contributed by atoms with van der Waals surface area (Å²) in [6.07, 6.45) is -2.91. The van der Waals surface area contributed by atoms with E-state index >= 15 is 0 Å². The highest BCUT2D eigenvalue weighted by molar-refractivity contribution is 5.92. The zero-order valence-corrected chi connectivity index (χ0v) is 12.7. The van der Waals surface area contributed by atoms with Crippen molar-refractivity contribution >= 4 is 11.7 Å². The third kappa shape index (κ3) is 3.47. The molecule has 2 aromatic heterocycles. The first kappa shape index (κ1) is 16.2. The Morgan fingerprint density at radius 1 is 1.00 bits per heavy atom. The molecule has 0 atom stereocenters. The number of hydrogen-bond donors (Lipinski definition) is 0. The van der Waals surface area contributed by atoms with Crippen LogP contribution < -0.4 is 4.90 Å². The molecule has 1 saturated heterocycles. The van der Waals surface area contributed by atoms with Gasteiger partial charge in [-0.05, 0) is 24.3 Å². The molecule has 0 aromatic carbocycles. The number of carbonyl (C=O) groups excluding carboxylic acids is 1. The Morgan fingerprint density at radius 2 is 1.75 bits per heavy atom. The van der Waals surface area contributed by atoms with Crippen molar-refractivity contribution < 1.29 is 18.0 Å². The summed E-state index contributed by atoms with van der Waals surface area (Å²) >= 11 is 0. The van der Waals surface area contributed by atoms with E-state index in [2.05, 4.69) is 9.97 Å². The maximum atomic E-state index is 12.7. The Morgan fingerprint density at radius 3 is 2.38 bits per heavy atom. The van der Waals surface area contributed by atoms with Crippen LogP contribution in [0.3, 0.4) is 0 Å². The van der Waals surface area contributed by atoms with Crippen LogP contribution in [0, 0.1) is 0 Å². The van der Waals surface area contributed by atoms with Crippen LogP contribution in [0.2, 0.25) is 0 Å². The van der Waals surface area contributed by atoms with Crippen molar-refractivity contribution in [3.63, 3.8) is 0 Å². The second-order valence-electron chi connectivity index (χ2n) is 5.37. The first-order valence-electron chi connectivity index (χ1n) is 7.44. The first-order chi connectivity index (χ1) is 11.4. The second kappa shape index (κ2) is 6.46. The molecule has 8 heteroatoms. The van der Waals surface area contributed by atoms with Crippen molar-refractivity contribution in [3.05, 3.63) is 54.0 Å². The molecule has 3 rings (SSSR count). The summed E-state index contributed by atoms with van der Waals surface area (Å²) in [5.41, 5.74) is -0.546. The number of nitrogens with zero attached hydrogens (tertiary/aromatic N) is 4. The molecule has 3 heterocycles.